The first-order valence-electron chi connectivity index (χ1n) is 5.66. The van der Waals surface area contributed by atoms with Gasteiger partial charge in [-0.1, -0.05) is 23.1 Å². The van der Waals surface area contributed by atoms with E-state index in [1.165, 1.54) is 23.1 Å². The number of anilines is 1. The Morgan fingerprint density at radius 1 is 1.56 bits per heavy atom. The second-order valence-electron chi connectivity index (χ2n) is 4.71. The Kier molecular flexibility index (Phi) is 3.79. The minimum absolute atomic E-state index is 0.226. The van der Waals surface area contributed by atoms with E-state index >= 15 is 0 Å². The molecule has 1 fully saturated rings. The molecule has 100 valence electrons. The van der Waals surface area contributed by atoms with Crippen LogP contribution < -0.4 is 16.4 Å². The molecule has 0 saturated heterocycles. The van der Waals surface area contributed by atoms with Crippen LogP contribution in [0, 0.1) is 5.92 Å². The van der Waals surface area contributed by atoms with Gasteiger partial charge in [0.05, 0.1) is 0 Å². The van der Waals surface area contributed by atoms with Crippen LogP contribution in [0.1, 0.15) is 12.8 Å². The lowest BCUT2D eigenvalue weighted by atomic mass is 9.96. The van der Waals surface area contributed by atoms with Gasteiger partial charge in [-0.05, 0) is 18.8 Å². The number of nitrogens with two attached hydrogens (primary N) is 2. The van der Waals surface area contributed by atoms with Crippen LogP contribution in [-0.2, 0) is 4.79 Å². The van der Waals surface area contributed by atoms with Crippen molar-refractivity contribution in [3.63, 3.8) is 0 Å². The summed E-state index contributed by atoms with van der Waals surface area (Å²) in [7, 11) is 3.82. The molecule has 1 atom stereocenters. The van der Waals surface area contributed by atoms with Crippen molar-refractivity contribution in [1.82, 2.24) is 10.2 Å². The predicted octanol–water partition coefficient (Wildman–Crippen LogP) is 0.289. The zero-order valence-electron chi connectivity index (χ0n) is 10.4. The van der Waals surface area contributed by atoms with Gasteiger partial charge in [-0.15, -0.1) is 10.2 Å². The summed E-state index contributed by atoms with van der Waals surface area (Å²) >= 11 is 2.94. The molecule has 18 heavy (non-hydrogen) atoms. The van der Waals surface area contributed by atoms with Gasteiger partial charge < -0.3 is 16.4 Å². The quantitative estimate of drug-likeness (QED) is 0.730. The molecule has 0 spiro atoms. The highest BCUT2D eigenvalue weighted by Crippen LogP contribution is 2.41. The van der Waals surface area contributed by atoms with Crippen molar-refractivity contribution in [3.05, 3.63) is 0 Å². The fourth-order valence-electron chi connectivity index (χ4n) is 1.61. The molecule has 0 radical (unpaired) electrons. The van der Waals surface area contributed by atoms with Crippen molar-refractivity contribution in [3.8, 4) is 0 Å². The molecule has 6 nitrogen and oxygen atoms in total. The van der Waals surface area contributed by atoms with Gasteiger partial charge in [0.1, 0.15) is 5.54 Å². The second-order valence-corrected chi connectivity index (χ2v) is 6.89. The molecule has 1 saturated carbocycles. The summed E-state index contributed by atoms with van der Waals surface area (Å²) in [6.07, 6.45) is 1.97. The number of carbonyl (C=O) groups excluding carboxylic acids is 1. The molecule has 0 aromatic carbocycles. The highest BCUT2D eigenvalue weighted by Gasteiger charge is 2.46. The number of primary amides is 1. The Balaban J connectivity index is 1.99. The lowest BCUT2D eigenvalue weighted by Gasteiger charge is -2.24. The molecule has 1 aromatic rings. The van der Waals surface area contributed by atoms with Gasteiger partial charge in [-0.3, -0.25) is 4.79 Å². The van der Waals surface area contributed by atoms with Gasteiger partial charge in [-0.25, -0.2) is 0 Å². The monoisotopic (exact) mass is 287 g/mol. The summed E-state index contributed by atoms with van der Waals surface area (Å²) in [6.45, 7) is 0. The normalized spacial score (nSPS) is 18.4. The summed E-state index contributed by atoms with van der Waals surface area (Å²) in [5.41, 5.74) is 10.6. The molecule has 1 aliphatic rings. The first-order chi connectivity index (χ1) is 8.43. The first-order valence-corrected chi connectivity index (χ1v) is 7.46. The molecule has 1 unspecified atom stereocenters. The minimum atomic E-state index is -0.908. The van der Waals surface area contributed by atoms with Gasteiger partial charge in [-0.2, -0.15) is 0 Å². The van der Waals surface area contributed by atoms with Crippen LogP contribution in [0.4, 0.5) is 5.13 Å². The second kappa shape index (κ2) is 5.02. The maximum atomic E-state index is 11.5. The van der Waals surface area contributed by atoms with E-state index in [1.807, 2.05) is 19.0 Å². The van der Waals surface area contributed by atoms with E-state index in [-0.39, 0.29) is 5.92 Å². The van der Waals surface area contributed by atoms with Crippen molar-refractivity contribution in [2.45, 2.75) is 22.7 Å². The maximum Gasteiger partial charge on any atom is 0.238 e. The van der Waals surface area contributed by atoms with Crippen molar-refractivity contribution >= 4 is 34.1 Å². The molecular weight excluding hydrogens is 270 g/mol. The van der Waals surface area contributed by atoms with Gasteiger partial charge >= 0.3 is 0 Å². The predicted molar refractivity (Wildman–Crippen MR) is 73.8 cm³/mol. The molecule has 0 aliphatic heterocycles. The lowest BCUT2D eigenvalue weighted by molar-refractivity contribution is -0.123. The molecule has 8 heteroatoms. The Bertz CT molecular complexity index is 445. The summed E-state index contributed by atoms with van der Waals surface area (Å²) in [6, 6.07) is 0. The van der Waals surface area contributed by atoms with Crippen LogP contribution in [-0.4, -0.2) is 41.5 Å². The largest absolute Gasteiger partial charge is 0.368 e. The number of thioether (sulfide) groups is 1. The fraction of sp³-hybridized carbons (Fsp3) is 0.700. The summed E-state index contributed by atoms with van der Waals surface area (Å²) < 4.78 is 0.815. The summed E-state index contributed by atoms with van der Waals surface area (Å²) in [5, 5.41) is 8.94. The average Bonchev–Trinajstić information content (AvgIpc) is 3.05. The molecule has 1 amide bonds. The fourth-order valence-corrected chi connectivity index (χ4v) is 3.59. The maximum absolute atomic E-state index is 11.5. The SMILES string of the molecule is CN(C)c1nnc(SCC(N)(C(N)=O)C2CC2)s1. The number of rotatable bonds is 6. The molecule has 0 bridgehead atoms. The summed E-state index contributed by atoms with van der Waals surface area (Å²) in [5.74, 6) is 0.272. The third-order valence-electron chi connectivity index (χ3n) is 2.98. The number of hydrogen-bond acceptors (Lipinski definition) is 7. The third-order valence-corrected chi connectivity index (χ3v) is 5.42. The Morgan fingerprint density at radius 3 is 2.67 bits per heavy atom. The van der Waals surface area contributed by atoms with Crippen LogP contribution in [0.15, 0.2) is 4.34 Å². The van der Waals surface area contributed by atoms with Crippen molar-refractivity contribution in [2.75, 3.05) is 24.7 Å². The smallest absolute Gasteiger partial charge is 0.238 e. The topological polar surface area (TPSA) is 98.1 Å². The van der Waals surface area contributed by atoms with Gasteiger partial charge in [0.25, 0.3) is 0 Å². The molecule has 2 rings (SSSR count). The Labute approximate surface area is 114 Å². The zero-order valence-corrected chi connectivity index (χ0v) is 12.1. The number of nitrogens with zero attached hydrogens (tertiary/aromatic N) is 3. The molecule has 4 N–H and O–H groups in total. The van der Waals surface area contributed by atoms with E-state index in [1.54, 1.807) is 0 Å². The molecule has 1 heterocycles. The Morgan fingerprint density at radius 2 is 2.22 bits per heavy atom. The van der Waals surface area contributed by atoms with Crippen molar-refractivity contribution in [2.24, 2.45) is 17.4 Å². The Hall–Kier alpha value is -0.860. The standard InChI is InChI=1S/C10H17N5OS2/c1-15(2)8-13-14-9(18-8)17-5-10(12,7(11)16)6-3-4-6/h6H,3-5,12H2,1-2H3,(H2,11,16). The van der Waals surface area contributed by atoms with Crippen molar-refractivity contribution in [1.29, 1.82) is 0 Å². The number of amides is 1. The third kappa shape index (κ3) is 2.76. The molecule has 1 aromatic heterocycles. The van der Waals surface area contributed by atoms with Crippen molar-refractivity contribution < 1.29 is 4.79 Å². The number of aromatic nitrogens is 2. The van der Waals surface area contributed by atoms with Crippen LogP contribution >= 0.6 is 23.1 Å². The zero-order chi connectivity index (χ0) is 13.3. The highest BCUT2D eigenvalue weighted by atomic mass is 32.2. The molecular formula is C10H17N5OS2. The van der Waals surface area contributed by atoms with E-state index < -0.39 is 11.4 Å². The van der Waals surface area contributed by atoms with Crippen LogP contribution in [0.2, 0.25) is 0 Å². The van der Waals surface area contributed by atoms with Gasteiger partial charge in [0.15, 0.2) is 4.34 Å². The van der Waals surface area contributed by atoms with Crippen LogP contribution in [0.5, 0.6) is 0 Å². The first kappa shape index (κ1) is 13.6. The molecule has 1 aliphatic carbocycles. The van der Waals surface area contributed by atoms with Gasteiger partial charge in [0, 0.05) is 19.8 Å². The average molecular weight is 287 g/mol. The van der Waals surface area contributed by atoms with E-state index in [0.29, 0.717) is 5.75 Å². The van der Waals surface area contributed by atoms with E-state index in [4.69, 9.17) is 11.5 Å². The van der Waals surface area contributed by atoms with Crippen LogP contribution in [0.25, 0.3) is 0 Å². The van der Waals surface area contributed by atoms with Crippen LogP contribution in [0.3, 0.4) is 0 Å². The number of hydrogen-bond donors (Lipinski definition) is 2. The van der Waals surface area contributed by atoms with E-state index in [9.17, 15) is 4.79 Å². The van der Waals surface area contributed by atoms with Gasteiger partial charge in [0.2, 0.25) is 11.0 Å². The van der Waals surface area contributed by atoms with E-state index in [0.717, 1.165) is 22.3 Å². The highest BCUT2D eigenvalue weighted by molar-refractivity contribution is 8.01. The number of carbonyl (C=O) groups is 1. The minimum Gasteiger partial charge on any atom is -0.368 e. The lowest BCUT2D eigenvalue weighted by Crippen LogP contribution is -2.56. The summed E-state index contributed by atoms with van der Waals surface area (Å²) in [4.78, 5) is 13.4. The van der Waals surface area contributed by atoms with E-state index in [2.05, 4.69) is 10.2 Å².